The van der Waals surface area contributed by atoms with E-state index < -0.39 is 0 Å². The highest BCUT2D eigenvalue weighted by atomic mass is 32.1. The number of rotatable bonds is 6. The molecule has 0 aliphatic rings. The lowest BCUT2D eigenvalue weighted by atomic mass is 10.1. The number of pyridine rings is 3. The average molecular weight is 453 g/mol. The number of nitrogens with zero attached hydrogens (tertiary/aromatic N) is 5. The molecule has 0 unspecified atom stereocenters. The lowest BCUT2D eigenvalue weighted by Gasteiger charge is -2.05. The second-order valence-electron chi connectivity index (χ2n) is 7.67. The van der Waals surface area contributed by atoms with Gasteiger partial charge in [0.15, 0.2) is 5.82 Å². The van der Waals surface area contributed by atoms with Crippen LogP contribution in [0.5, 0.6) is 0 Å². The van der Waals surface area contributed by atoms with Gasteiger partial charge in [-0.05, 0) is 41.8 Å². The van der Waals surface area contributed by atoms with Gasteiger partial charge in [0.25, 0.3) is 0 Å². The molecule has 0 aromatic carbocycles. The Bertz CT molecular complexity index is 1560. The number of imidazole rings is 1. The third kappa shape index (κ3) is 3.57. The summed E-state index contributed by atoms with van der Waals surface area (Å²) in [4.78, 5) is 23.0. The van der Waals surface area contributed by atoms with Crippen LogP contribution in [0.25, 0.3) is 55.3 Å². The number of H-pyrrole nitrogens is 2. The van der Waals surface area contributed by atoms with E-state index in [0.29, 0.717) is 5.82 Å². The minimum absolute atomic E-state index is 0.693. The summed E-state index contributed by atoms with van der Waals surface area (Å²) < 4.78 is 0. The summed E-state index contributed by atoms with van der Waals surface area (Å²) in [6.45, 7) is 3.77. The van der Waals surface area contributed by atoms with E-state index in [0.717, 1.165) is 68.1 Å². The van der Waals surface area contributed by atoms with Crippen molar-refractivity contribution in [2.24, 2.45) is 0 Å². The van der Waals surface area contributed by atoms with Crippen molar-refractivity contribution < 1.29 is 0 Å². The van der Waals surface area contributed by atoms with Crippen LogP contribution in [0.15, 0.2) is 60.5 Å². The smallest absolute Gasteiger partial charge is 0.159 e. The van der Waals surface area contributed by atoms with Crippen LogP contribution in [0.3, 0.4) is 0 Å². The molecular weight excluding hydrogens is 432 g/mol. The summed E-state index contributed by atoms with van der Waals surface area (Å²) in [5, 5.41) is 13.9. The highest BCUT2D eigenvalue weighted by Crippen LogP contribution is 2.32. The molecule has 0 saturated carbocycles. The minimum atomic E-state index is 0.693. The molecule has 0 atom stereocenters. The first kappa shape index (κ1) is 19.7. The molecule has 0 aliphatic carbocycles. The van der Waals surface area contributed by atoms with Crippen molar-refractivity contribution >= 4 is 33.3 Å². The highest BCUT2D eigenvalue weighted by molar-refractivity contribution is 7.13. The van der Waals surface area contributed by atoms with Crippen LogP contribution >= 0.6 is 11.3 Å². The van der Waals surface area contributed by atoms with Crippen molar-refractivity contribution in [1.29, 1.82) is 0 Å². The number of thiophene rings is 1. The quantitative estimate of drug-likeness (QED) is 0.335. The molecule has 0 fully saturated rings. The van der Waals surface area contributed by atoms with Crippen LogP contribution in [0.1, 0.15) is 12.5 Å². The second kappa shape index (κ2) is 8.19. The molecule has 8 nitrogen and oxygen atoms in total. The molecule has 6 heterocycles. The van der Waals surface area contributed by atoms with E-state index in [1.54, 1.807) is 23.7 Å². The first-order valence-electron chi connectivity index (χ1n) is 10.7. The molecule has 0 saturated heterocycles. The van der Waals surface area contributed by atoms with Gasteiger partial charge in [-0.15, -0.1) is 11.3 Å². The van der Waals surface area contributed by atoms with Gasteiger partial charge in [0, 0.05) is 36.1 Å². The van der Waals surface area contributed by atoms with Crippen molar-refractivity contribution in [2.75, 3.05) is 6.54 Å². The molecule has 0 spiro atoms. The monoisotopic (exact) mass is 452 g/mol. The van der Waals surface area contributed by atoms with Crippen LogP contribution in [0.2, 0.25) is 0 Å². The first-order valence-corrected chi connectivity index (χ1v) is 11.6. The fourth-order valence-corrected chi connectivity index (χ4v) is 4.61. The molecule has 9 heteroatoms. The van der Waals surface area contributed by atoms with Gasteiger partial charge >= 0.3 is 0 Å². The Labute approximate surface area is 193 Å². The number of aromatic amines is 2. The predicted molar refractivity (Wildman–Crippen MR) is 131 cm³/mol. The SMILES string of the molecule is CCNCc1cncc(-c2cc3c(-c4nc5c(-c6cccs6)nccc5[nH]4)n[nH]c3cn2)c1. The number of fused-ring (bicyclic) bond motifs is 2. The van der Waals surface area contributed by atoms with Gasteiger partial charge in [0.05, 0.1) is 27.8 Å². The van der Waals surface area contributed by atoms with E-state index in [4.69, 9.17) is 4.98 Å². The molecule has 0 aliphatic heterocycles. The summed E-state index contributed by atoms with van der Waals surface area (Å²) in [6.07, 6.45) is 7.32. The molecule has 33 heavy (non-hydrogen) atoms. The normalized spacial score (nSPS) is 11.5. The van der Waals surface area contributed by atoms with E-state index in [2.05, 4.69) is 54.5 Å². The van der Waals surface area contributed by atoms with Crippen LogP contribution < -0.4 is 5.32 Å². The molecule has 6 aromatic heterocycles. The van der Waals surface area contributed by atoms with Crippen molar-refractivity contribution in [2.45, 2.75) is 13.5 Å². The maximum atomic E-state index is 4.88. The Hall–Kier alpha value is -3.95. The van der Waals surface area contributed by atoms with Crippen LogP contribution in [0, 0.1) is 0 Å². The summed E-state index contributed by atoms with van der Waals surface area (Å²) >= 11 is 1.65. The highest BCUT2D eigenvalue weighted by Gasteiger charge is 2.17. The molecule has 6 aromatic rings. The van der Waals surface area contributed by atoms with Crippen LogP contribution in [0.4, 0.5) is 0 Å². The van der Waals surface area contributed by atoms with E-state index >= 15 is 0 Å². The zero-order chi connectivity index (χ0) is 22.2. The van der Waals surface area contributed by atoms with Crippen molar-refractivity contribution in [3.05, 3.63) is 66.1 Å². The molecule has 3 N–H and O–H groups in total. The summed E-state index contributed by atoms with van der Waals surface area (Å²) in [5.74, 6) is 0.693. The Morgan fingerprint density at radius 1 is 1.03 bits per heavy atom. The Morgan fingerprint density at radius 2 is 2.00 bits per heavy atom. The van der Waals surface area contributed by atoms with E-state index in [-0.39, 0.29) is 0 Å². The lowest BCUT2D eigenvalue weighted by Crippen LogP contribution is -2.11. The minimum Gasteiger partial charge on any atom is -0.336 e. The lowest BCUT2D eigenvalue weighted by molar-refractivity contribution is 0.724. The fourth-order valence-electron chi connectivity index (χ4n) is 3.89. The number of aromatic nitrogens is 7. The first-order chi connectivity index (χ1) is 16.3. The second-order valence-corrected chi connectivity index (χ2v) is 8.62. The van der Waals surface area contributed by atoms with Gasteiger partial charge < -0.3 is 10.3 Å². The maximum absolute atomic E-state index is 4.88. The number of hydrogen-bond acceptors (Lipinski definition) is 7. The Balaban J connectivity index is 1.44. The van der Waals surface area contributed by atoms with Crippen molar-refractivity contribution in [3.8, 4) is 33.3 Å². The van der Waals surface area contributed by atoms with Gasteiger partial charge in [-0.1, -0.05) is 13.0 Å². The number of hydrogen-bond donors (Lipinski definition) is 3. The standard InChI is InChI=1S/C24H20N8S/c1-2-25-10-14-8-15(12-26-11-14)18-9-16-19(13-28-18)31-32-21(16)24-29-17-5-6-27-23(22(17)30-24)20-4-3-7-33-20/h3-9,11-13,25H,2,10H2,1H3,(H,29,30)(H,31,32). The molecule has 0 radical (unpaired) electrons. The predicted octanol–water partition coefficient (Wildman–Crippen LogP) is 4.80. The van der Waals surface area contributed by atoms with Gasteiger partial charge in [0.1, 0.15) is 16.9 Å². The van der Waals surface area contributed by atoms with Gasteiger partial charge in [-0.2, -0.15) is 5.10 Å². The van der Waals surface area contributed by atoms with Gasteiger partial charge in [0.2, 0.25) is 0 Å². The molecule has 0 amide bonds. The third-order valence-electron chi connectivity index (χ3n) is 5.50. The average Bonchev–Trinajstić information content (AvgIpc) is 3.61. The zero-order valence-corrected chi connectivity index (χ0v) is 18.6. The summed E-state index contributed by atoms with van der Waals surface area (Å²) in [7, 11) is 0. The topological polar surface area (TPSA) is 108 Å². The largest absolute Gasteiger partial charge is 0.336 e. The van der Waals surface area contributed by atoms with E-state index in [9.17, 15) is 0 Å². The summed E-state index contributed by atoms with van der Waals surface area (Å²) in [6, 6.07) is 10.2. The van der Waals surface area contributed by atoms with E-state index in [1.807, 2.05) is 36.0 Å². The molecule has 6 rings (SSSR count). The third-order valence-corrected chi connectivity index (χ3v) is 6.37. The molecular formula is C24H20N8S. The molecule has 0 bridgehead atoms. The van der Waals surface area contributed by atoms with Crippen molar-refractivity contribution in [3.63, 3.8) is 0 Å². The summed E-state index contributed by atoms with van der Waals surface area (Å²) in [5.41, 5.74) is 7.16. The maximum Gasteiger partial charge on any atom is 0.159 e. The van der Waals surface area contributed by atoms with Crippen molar-refractivity contribution in [1.82, 2.24) is 40.4 Å². The Morgan fingerprint density at radius 3 is 2.88 bits per heavy atom. The fraction of sp³-hybridized carbons (Fsp3) is 0.125. The van der Waals surface area contributed by atoms with Crippen LogP contribution in [-0.2, 0) is 6.54 Å². The number of nitrogens with one attached hydrogen (secondary N) is 3. The van der Waals surface area contributed by atoms with Gasteiger partial charge in [-0.25, -0.2) is 4.98 Å². The van der Waals surface area contributed by atoms with E-state index in [1.165, 1.54) is 0 Å². The molecule has 162 valence electrons. The van der Waals surface area contributed by atoms with Gasteiger partial charge in [-0.3, -0.25) is 20.1 Å². The Kier molecular flexibility index (Phi) is 4.89. The van der Waals surface area contributed by atoms with Crippen LogP contribution in [-0.4, -0.2) is 41.7 Å². The zero-order valence-electron chi connectivity index (χ0n) is 17.8.